The van der Waals surface area contributed by atoms with Crippen molar-refractivity contribution in [1.29, 1.82) is 0 Å². The van der Waals surface area contributed by atoms with E-state index in [0.717, 1.165) is 0 Å². The van der Waals surface area contributed by atoms with Gasteiger partial charge in [0.15, 0.2) is 0 Å². The van der Waals surface area contributed by atoms with Crippen LogP contribution in [-0.4, -0.2) is 24.3 Å². The average molecular weight is 238 g/mol. The molecule has 0 radical (unpaired) electrons. The van der Waals surface area contributed by atoms with E-state index in [4.69, 9.17) is 9.84 Å². The van der Waals surface area contributed by atoms with Crippen LogP contribution in [0.5, 0.6) is 0 Å². The molecule has 17 heavy (non-hydrogen) atoms. The summed E-state index contributed by atoms with van der Waals surface area (Å²) >= 11 is 0. The van der Waals surface area contributed by atoms with Crippen LogP contribution < -0.4 is 0 Å². The molecule has 1 aliphatic heterocycles. The summed E-state index contributed by atoms with van der Waals surface area (Å²) < 4.78 is 19.9. The highest BCUT2D eigenvalue weighted by Crippen LogP contribution is 2.38. The number of carboxylic acids is 1. The minimum absolute atomic E-state index is 0.116. The molecular weight excluding hydrogens is 223 g/mol. The minimum atomic E-state index is -1.54. The fourth-order valence-electron chi connectivity index (χ4n) is 2.15. The summed E-state index contributed by atoms with van der Waals surface area (Å²) in [7, 11) is 0. The van der Waals surface area contributed by atoms with Crippen molar-refractivity contribution in [3.63, 3.8) is 0 Å². The van der Waals surface area contributed by atoms with E-state index < -0.39 is 11.6 Å². The summed E-state index contributed by atoms with van der Waals surface area (Å²) in [5.74, 6) is -1.24. The summed E-state index contributed by atoms with van der Waals surface area (Å²) in [6.45, 7) is 2.46. The van der Waals surface area contributed by atoms with E-state index in [9.17, 15) is 9.18 Å². The Kier molecular flexibility index (Phi) is 3.15. The first kappa shape index (κ1) is 12.0. The lowest BCUT2D eigenvalue weighted by molar-refractivity contribution is 0.0694. The van der Waals surface area contributed by atoms with Gasteiger partial charge in [-0.2, -0.15) is 0 Å². The van der Waals surface area contributed by atoms with Crippen molar-refractivity contribution in [3.8, 4) is 0 Å². The van der Waals surface area contributed by atoms with Gasteiger partial charge in [-0.1, -0.05) is 12.1 Å². The minimum Gasteiger partial charge on any atom is -0.478 e. The Morgan fingerprint density at radius 3 is 2.94 bits per heavy atom. The zero-order valence-corrected chi connectivity index (χ0v) is 9.65. The molecule has 1 aliphatic rings. The van der Waals surface area contributed by atoms with Crippen LogP contribution in [-0.2, 0) is 10.4 Å². The molecule has 0 saturated carbocycles. The number of carbonyl (C=O) groups is 1. The van der Waals surface area contributed by atoms with Gasteiger partial charge in [-0.05, 0) is 31.0 Å². The summed E-state index contributed by atoms with van der Waals surface area (Å²) in [5, 5.41) is 8.89. The number of hydrogen-bond donors (Lipinski definition) is 1. The summed E-state index contributed by atoms with van der Waals surface area (Å²) in [6, 6.07) is 6.07. The average Bonchev–Trinajstić information content (AvgIpc) is 2.83. The Morgan fingerprint density at radius 1 is 1.59 bits per heavy atom. The Hall–Kier alpha value is -1.42. The first-order valence-electron chi connectivity index (χ1n) is 5.62. The number of halogens is 1. The monoisotopic (exact) mass is 238 g/mol. The zero-order valence-electron chi connectivity index (χ0n) is 9.65. The number of benzene rings is 1. The maximum Gasteiger partial charge on any atom is 0.335 e. The molecule has 1 N–H and O–H groups in total. The molecule has 0 aliphatic carbocycles. The Balaban J connectivity index is 2.31. The highest BCUT2D eigenvalue weighted by Gasteiger charge is 2.38. The van der Waals surface area contributed by atoms with Gasteiger partial charge in [-0.15, -0.1) is 0 Å². The van der Waals surface area contributed by atoms with Crippen LogP contribution in [0.15, 0.2) is 24.3 Å². The predicted octanol–water partition coefficient (Wildman–Crippen LogP) is 2.61. The molecule has 4 heteroatoms. The summed E-state index contributed by atoms with van der Waals surface area (Å²) in [6.07, 6.45) is 0.671. The highest BCUT2D eigenvalue weighted by molar-refractivity contribution is 5.87. The van der Waals surface area contributed by atoms with E-state index in [1.807, 2.05) is 0 Å². The molecule has 0 amide bonds. The normalized spacial score (nSPS) is 23.3. The first-order chi connectivity index (χ1) is 8.01. The van der Waals surface area contributed by atoms with E-state index >= 15 is 0 Å². The molecule has 2 rings (SSSR count). The van der Waals surface area contributed by atoms with E-state index in [2.05, 4.69) is 0 Å². The second-order valence-corrected chi connectivity index (χ2v) is 4.52. The molecule has 1 aromatic rings. The van der Waals surface area contributed by atoms with Gasteiger partial charge in [0.2, 0.25) is 0 Å². The Morgan fingerprint density at radius 2 is 2.35 bits per heavy atom. The number of carboxylic acid groups (broad SMARTS) is 1. The molecule has 2 unspecified atom stereocenters. The van der Waals surface area contributed by atoms with Gasteiger partial charge < -0.3 is 9.84 Å². The number of hydrogen-bond acceptors (Lipinski definition) is 2. The molecule has 0 spiro atoms. The van der Waals surface area contributed by atoms with Crippen molar-refractivity contribution in [3.05, 3.63) is 35.4 Å². The van der Waals surface area contributed by atoms with Crippen molar-refractivity contribution in [2.45, 2.75) is 19.0 Å². The third kappa shape index (κ3) is 2.31. The number of aromatic carboxylic acids is 1. The van der Waals surface area contributed by atoms with Gasteiger partial charge in [0, 0.05) is 12.5 Å². The molecule has 1 aromatic carbocycles. The van der Waals surface area contributed by atoms with Crippen LogP contribution in [0.2, 0.25) is 0 Å². The van der Waals surface area contributed by atoms with Crippen molar-refractivity contribution in [1.82, 2.24) is 0 Å². The van der Waals surface area contributed by atoms with E-state index in [1.54, 1.807) is 12.1 Å². The van der Waals surface area contributed by atoms with Crippen molar-refractivity contribution < 1.29 is 19.0 Å². The van der Waals surface area contributed by atoms with Gasteiger partial charge in [0.05, 0.1) is 12.2 Å². The predicted molar refractivity (Wildman–Crippen MR) is 60.8 cm³/mol. The topological polar surface area (TPSA) is 46.5 Å². The van der Waals surface area contributed by atoms with Crippen LogP contribution in [0, 0.1) is 5.92 Å². The highest BCUT2D eigenvalue weighted by atomic mass is 19.1. The smallest absolute Gasteiger partial charge is 0.335 e. The van der Waals surface area contributed by atoms with Crippen LogP contribution in [0.25, 0.3) is 0 Å². The Bertz CT molecular complexity index is 422. The standard InChI is InChI=1S/C13H15FO3/c1-13(14,11-5-6-17-8-11)10-4-2-3-9(7-10)12(15)16/h2-4,7,11H,5-6,8H2,1H3,(H,15,16). The largest absolute Gasteiger partial charge is 0.478 e. The summed E-state index contributed by atoms with van der Waals surface area (Å²) in [4.78, 5) is 10.9. The van der Waals surface area contributed by atoms with Gasteiger partial charge in [-0.3, -0.25) is 0 Å². The molecule has 1 saturated heterocycles. The lowest BCUT2D eigenvalue weighted by Gasteiger charge is -2.26. The SMILES string of the molecule is CC(F)(c1cccc(C(=O)O)c1)C1CCOC1. The first-order valence-corrected chi connectivity index (χ1v) is 5.62. The molecule has 92 valence electrons. The lowest BCUT2D eigenvalue weighted by atomic mass is 9.83. The molecule has 1 fully saturated rings. The maximum absolute atomic E-state index is 14.7. The number of rotatable bonds is 3. The van der Waals surface area contributed by atoms with Crippen molar-refractivity contribution >= 4 is 5.97 Å². The van der Waals surface area contributed by atoms with Gasteiger partial charge in [-0.25, -0.2) is 9.18 Å². The fraction of sp³-hybridized carbons (Fsp3) is 0.462. The van der Waals surface area contributed by atoms with Crippen molar-refractivity contribution in [2.24, 2.45) is 5.92 Å². The van der Waals surface area contributed by atoms with Gasteiger partial charge >= 0.3 is 5.97 Å². The summed E-state index contributed by atoms with van der Waals surface area (Å²) in [5.41, 5.74) is -1.01. The number of alkyl halides is 1. The van der Waals surface area contributed by atoms with Crippen LogP contribution in [0.4, 0.5) is 4.39 Å². The second-order valence-electron chi connectivity index (χ2n) is 4.52. The third-order valence-electron chi connectivity index (χ3n) is 3.37. The van der Waals surface area contributed by atoms with E-state index in [1.165, 1.54) is 19.1 Å². The molecule has 3 nitrogen and oxygen atoms in total. The second kappa shape index (κ2) is 4.45. The number of ether oxygens (including phenoxy) is 1. The van der Waals surface area contributed by atoms with Crippen LogP contribution in [0.3, 0.4) is 0 Å². The van der Waals surface area contributed by atoms with E-state index in [0.29, 0.717) is 25.2 Å². The maximum atomic E-state index is 14.7. The molecule has 1 heterocycles. The molecule has 0 aromatic heterocycles. The quantitative estimate of drug-likeness (QED) is 0.880. The van der Waals surface area contributed by atoms with Crippen molar-refractivity contribution in [2.75, 3.05) is 13.2 Å². The molecule has 2 atom stereocenters. The third-order valence-corrected chi connectivity index (χ3v) is 3.37. The lowest BCUT2D eigenvalue weighted by Crippen LogP contribution is -2.27. The molecule has 0 bridgehead atoms. The fourth-order valence-corrected chi connectivity index (χ4v) is 2.15. The van der Waals surface area contributed by atoms with Gasteiger partial charge in [0.25, 0.3) is 0 Å². The van der Waals surface area contributed by atoms with Crippen LogP contribution in [0.1, 0.15) is 29.3 Å². The zero-order chi connectivity index (χ0) is 12.5. The van der Waals surface area contributed by atoms with E-state index in [-0.39, 0.29) is 11.5 Å². The molecular formula is C13H15FO3. The van der Waals surface area contributed by atoms with Crippen LogP contribution >= 0.6 is 0 Å². The Labute approximate surface area is 99.2 Å². The van der Waals surface area contributed by atoms with Gasteiger partial charge in [0.1, 0.15) is 5.67 Å².